The monoisotopic (exact) mass is 215 g/mol. The molecular weight excluding hydrogens is 212 g/mol. The molecule has 2 nitrogen and oxygen atoms in total. The van der Waals surface area contributed by atoms with Crippen molar-refractivity contribution in [1.82, 2.24) is 0 Å². The van der Waals surface area contributed by atoms with Crippen LogP contribution < -0.4 is 0 Å². The van der Waals surface area contributed by atoms with Crippen molar-refractivity contribution in [3.63, 3.8) is 0 Å². The van der Waals surface area contributed by atoms with Gasteiger partial charge >= 0.3 is 0 Å². The van der Waals surface area contributed by atoms with E-state index in [-0.39, 0.29) is 69.9 Å². The van der Waals surface area contributed by atoms with E-state index in [4.69, 9.17) is 0 Å². The molecule has 0 rings (SSSR count). The second-order valence-electron chi connectivity index (χ2n) is 0. The summed E-state index contributed by atoms with van der Waals surface area (Å²) in [7, 11) is 0. The molecule has 4 heavy (non-hydrogen) atoms. The van der Waals surface area contributed by atoms with Crippen LogP contribution in [0.4, 0.5) is 0 Å². The van der Waals surface area contributed by atoms with Crippen molar-refractivity contribution >= 4 is 0 Å². The molecule has 0 saturated heterocycles. The number of rotatable bonds is 0. The fourth-order valence-electron chi connectivity index (χ4n) is 0. The number of hydrogen-bond acceptors (Lipinski definition) is 0. The van der Waals surface area contributed by atoms with Crippen molar-refractivity contribution in [3.05, 3.63) is 0 Å². The van der Waals surface area contributed by atoms with Gasteiger partial charge in [-0.3, -0.25) is 0 Å². The normalized spacial score (nSPS) is 0. The standard InChI is InChI=1S/2H2O.Y.Zr/h2*1H2;;. The van der Waals surface area contributed by atoms with E-state index < -0.39 is 0 Å². The zero-order chi connectivity index (χ0) is 0. The molecule has 0 aliphatic carbocycles. The maximum atomic E-state index is 0. The first-order valence-corrected chi connectivity index (χ1v) is 0. The Bertz CT molecular complexity index is 6.00. The van der Waals surface area contributed by atoms with E-state index >= 15 is 0 Å². The first-order valence-electron chi connectivity index (χ1n) is 0. The van der Waals surface area contributed by atoms with Crippen LogP contribution in [0.2, 0.25) is 0 Å². The molecule has 0 aromatic rings. The molecule has 23 valence electrons. The van der Waals surface area contributed by atoms with E-state index in [2.05, 4.69) is 0 Å². The second-order valence-corrected chi connectivity index (χ2v) is 0. The molecule has 0 aromatic heterocycles. The van der Waals surface area contributed by atoms with Crippen LogP contribution >= 0.6 is 0 Å². The smallest absolute Gasteiger partial charge is 0 e. The van der Waals surface area contributed by atoms with Crippen molar-refractivity contribution in [2.75, 3.05) is 0 Å². The Balaban J connectivity index is 0. The largest absolute Gasteiger partial charge is 0.412 e. The summed E-state index contributed by atoms with van der Waals surface area (Å²) in [4.78, 5) is 0. The number of hydrogen-bond donors (Lipinski definition) is 0. The summed E-state index contributed by atoms with van der Waals surface area (Å²) in [6.07, 6.45) is 0. The van der Waals surface area contributed by atoms with Gasteiger partial charge in [-0.1, -0.05) is 0 Å². The average Bonchev–Trinajstić information content (AvgIpc) is 0. The first-order chi connectivity index (χ1) is 0. The zero-order valence-electron chi connectivity index (χ0n) is 2.08. The van der Waals surface area contributed by atoms with Gasteiger partial charge in [0, 0.05) is 58.9 Å². The van der Waals surface area contributed by atoms with Crippen LogP contribution in [0.15, 0.2) is 0 Å². The minimum atomic E-state index is 0. The molecule has 0 atom stereocenters. The molecule has 0 spiro atoms. The summed E-state index contributed by atoms with van der Waals surface area (Å²) < 4.78 is 0. The summed E-state index contributed by atoms with van der Waals surface area (Å²) >= 11 is 0. The van der Waals surface area contributed by atoms with Crippen molar-refractivity contribution in [2.24, 2.45) is 0 Å². The maximum Gasteiger partial charge on any atom is 0 e. The van der Waals surface area contributed by atoms with Crippen molar-refractivity contribution < 1.29 is 69.9 Å². The topological polar surface area (TPSA) is 63.0 Å². The molecular formula is H4O2YZr. The minimum absolute atomic E-state index is 0. The van der Waals surface area contributed by atoms with Gasteiger partial charge in [0.2, 0.25) is 0 Å². The predicted molar refractivity (Wildman–Crippen MR) is 7.23 cm³/mol. The summed E-state index contributed by atoms with van der Waals surface area (Å²) in [6.45, 7) is 0. The van der Waals surface area contributed by atoms with Crippen LogP contribution in [0.3, 0.4) is 0 Å². The van der Waals surface area contributed by atoms with Crippen LogP contribution in [0, 0.1) is 0 Å². The minimum Gasteiger partial charge on any atom is -0.412 e. The summed E-state index contributed by atoms with van der Waals surface area (Å²) in [5, 5.41) is 0. The Morgan fingerprint density at radius 3 is 0.750 bits per heavy atom. The summed E-state index contributed by atoms with van der Waals surface area (Å²) in [5.41, 5.74) is 0. The van der Waals surface area contributed by atoms with Gasteiger partial charge < -0.3 is 11.0 Å². The van der Waals surface area contributed by atoms with Crippen molar-refractivity contribution in [3.8, 4) is 0 Å². The zero-order valence-corrected chi connectivity index (χ0v) is 7.37. The van der Waals surface area contributed by atoms with Crippen molar-refractivity contribution in [1.29, 1.82) is 0 Å². The molecule has 0 saturated carbocycles. The Hall–Kier alpha value is 1.91. The molecule has 0 bridgehead atoms. The maximum absolute atomic E-state index is 0. The third kappa shape index (κ3) is 9.08. The van der Waals surface area contributed by atoms with E-state index in [1.807, 2.05) is 0 Å². The van der Waals surface area contributed by atoms with E-state index in [0.29, 0.717) is 0 Å². The average molecular weight is 216 g/mol. The fraction of sp³-hybridized carbons (Fsp3) is 0. The Labute approximate surface area is 69.0 Å². The van der Waals surface area contributed by atoms with Gasteiger partial charge in [0.15, 0.2) is 0 Å². The van der Waals surface area contributed by atoms with Crippen LogP contribution in [0.5, 0.6) is 0 Å². The van der Waals surface area contributed by atoms with Gasteiger partial charge in [-0.25, -0.2) is 0 Å². The van der Waals surface area contributed by atoms with Gasteiger partial charge in [0.1, 0.15) is 0 Å². The van der Waals surface area contributed by atoms with Gasteiger partial charge in [0.05, 0.1) is 0 Å². The third-order valence-electron chi connectivity index (χ3n) is 0. The van der Waals surface area contributed by atoms with E-state index in [1.54, 1.807) is 0 Å². The summed E-state index contributed by atoms with van der Waals surface area (Å²) in [5.74, 6) is 0. The van der Waals surface area contributed by atoms with Gasteiger partial charge in [-0.05, 0) is 0 Å². The molecule has 0 aliphatic rings. The van der Waals surface area contributed by atoms with Gasteiger partial charge in [-0.2, -0.15) is 0 Å². The van der Waals surface area contributed by atoms with E-state index in [1.165, 1.54) is 0 Å². The second kappa shape index (κ2) is 20.6. The summed E-state index contributed by atoms with van der Waals surface area (Å²) in [6, 6.07) is 0. The quantitative estimate of drug-likeness (QED) is 0.465. The van der Waals surface area contributed by atoms with E-state index in [0.717, 1.165) is 0 Å². The molecule has 0 fully saturated rings. The molecule has 0 unspecified atom stereocenters. The predicted octanol–water partition coefficient (Wildman–Crippen LogP) is -1.65. The van der Waals surface area contributed by atoms with Crippen LogP contribution in [-0.2, 0) is 58.9 Å². The Morgan fingerprint density at radius 1 is 0.750 bits per heavy atom. The molecule has 1 radical (unpaired) electrons. The third-order valence-corrected chi connectivity index (χ3v) is 0. The molecule has 0 aromatic carbocycles. The van der Waals surface area contributed by atoms with Crippen molar-refractivity contribution in [2.45, 2.75) is 0 Å². The SMILES string of the molecule is O.O.[Y].[Zr]. The first kappa shape index (κ1) is 39.1. The molecule has 0 amide bonds. The van der Waals surface area contributed by atoms with Crippen LogP contribution in [0.25, 0.3) is 0 Å². The molecule has 0 aliphatic heterocycles. The molecule has 4 heteroatoms. The Kier molecular flexibility index (Phi) is 201. The van der Waals surface area contributed by atoms with Crippen LogP contribution in [-0.4, -0.2) is 11.0 Å². The van der Waals surface area contributed by atoms with E-state index in [9.17, 15) is 0 Å². The van der Waals surface area contributed by atoms with Crippen LogP contribution in [0.1, 0.15) is 0 Å². The molecule has 0 heterocycles. The van der Waals surface area contributed by atoms with Gasteiger partial charge in [0.25, 0.3) is 0 Å². The molecule has 4 N–H and O–H groups in total. The van der Waals surface area contributed by atoms with Gasteiger partial charge in [-0.15, -0.1) is 0 Å². The fourth-order valence-corrected chi connectivity index (χ4v) is 0. The Morgan fingerprint density at radius 2 is 0.750 bits per heavy atom.